The average molecular weight is 217 g/mol. The molecule has 14 heavy (non-hydrogen) atoms. The SMILES string of the molecule is NC(=O)C[C@H](N)c1ccc(F)cc1Cl. The van der Waals surface area contributed by atoms with Crippen LogP contribution >= 0.6 is 11.6 Å². The molecule has 1 aromatic carbocycles. The Morgan fingerprint density at radius 1 is 1.57 bits per heavy atom. The van der Waals surface area contributed by atoms with Gasteiger partial charge in [0.2, 0.25) is 5.91 Å². The fraction of sp³-hybridized carbons (Fsp3) is 0.222. The number of benzene rings is 1. The minimum Gasteiger partial charge on any atom is -0.370 e. The van der Waals surface area contributed by atoms with Gasteiger partial charge in [-0.1, -0.05) is 17.7 Å². The molecule has 1 rings (SSSR count). The largest absolute Gasteiger partial charge is 0.370 e. The zero-order chi connectivity index (χ0) is 10.7. The van der Waals surface area contributed by atoms with Crippen LogP contribution in [0.2, 0.25) is 5.02 Å². The molecule has 1 aromatic rings. The molecule has 0 aliphatic rings. The van der Waals surface area contributed by atoms with Crippen molar-refractivity contribution in [1.29, 1.82) is 0 Å². The quantitative estimate of drug-likeness (QED) is 0.801. The second-order valence-corrected chi connectivity index (χ2v) is 3.35. The van der Waals surface area contributed by atoms with Gasteiger partial charge in [0, 0.05) is 17.5 Å². The number of halogens is 2. The van der Waals surface area contributed by atoms with E-state index in [1.165, 1.54) is 12.1 Å². The molecule has 76 valence electrons. The number of carbonyl (C=O) groups excluding carboxylic acids is 1. The van der Waals surface area contributed by atoms with E-state index in [0.29, 0.717) is 5.56 Å². The molecule has 0 aromatic heterocycles. The number of hydrogen-bond acceptors (Lipinski definition) is 2. The minimum atomic E-state index is -0.583. The summed E-state index contributed by atoms with van der Waals surface area (Å²) in [5.74, 6) is -0.956. The molecule has 0 aliphatic carbocycles. The lowest BCUT2D eigenvalue weighted by Crippen LogP contribution is -2.20. The van der Waals surface area contributed by atoms with Gasteiger partial charge in [0.15, 0.2) is 0 Å². The van der Waals surface area contributed by atoms with Gasteiger partial charge in [-0.05, 0) is 17.7 Å². The van der Waals surface area contributed by atoms with Gasteiger partial charge >= 0.3 is 0 Å². The molecule has 1 amide bonds. The standard InChI is InChI=1S/C9H10ClFN2O/c10-7-3-5(11)1-2-6(7)8(12)4-9(13)14/h1-3,8H,4,12H2,(H2,13,14)/t8-/m0/s1. The van der Waals surface area contributed by atoms with Crippen molar-refractivity contribution >= 4 is 17.5 Å². The van der Waals surface area contributed by atoms with Gasteiger partial charge in [-0.25, -0.2) is 4.39 Å². The molecule has 3 nitrogen and oxygen atoms in total. The molecule has 4 N–H and O–H groups in total. The first-order valence-electron chi connectivity index (χ1n) is 3.99. The van der Waals surface area contributed by atoms with Crippen LogP contribution in [-0.4, -0.2) is 5.91 Å². The van der Waals surface area contributed by atoms with Crippen LogP contribution in [0.1, 0.15) is 18.0 Å². The minimum absolute atomic E-state index is 0.00858. The Hall–Kier alpha value is -1.13. The lowest BCUT2D eigenvalue weighted by Gasteiger charge is -2.11. The fourth-order valence-corrected chi connectivity index (χ4v) is 1.44. The second-order valence-electron chi connectivity index (χ2n) is 2.94. The molecular weight excluding hydrogens is 207 g/mol. The highest BCUT2D eigenvalue weighted by Crippen LogP contribution is 2.24. The maximum absolute atomic E-state index is 12.7. The van der Waals surface area contributed by atoms with Crippen molar-refractivity contribution in [2.45, 2.75) is 12.5 Å². The molecule has 0 fully saturated rings. The molecule has 5 heteroatoms. The number of amides is 1. The van der Waals surface area contributed by atoms with E-state index in [2.05, 4.69) is 0 Å². The summed E-state index contributed by atoms with van der Waals surface area (Å²) < 4.78 is 12.7. The highest BCUT2D eigenvalue weighted by molar-refractivity contribution is 6.31. The summed E-state index contributed by atoms with van der Waals surface area (Å²) in [5, 5.41) is 0.207. The lowest BCUT2D eigenvalue weighted by atomic mass is 10.0. The van der Waals surface area contributed by atoms with E-state index in [9.17, 15) is 9.18 Å². The zero-order valence-corrected chi connectivity index (χ0v) is 8.09. The molecule has 0 radical (unpaired) electrons. The zero-order valence-electron chi connectivity index (χ0n) is 7.34. The van der Waals surface area contributed by atoms with E-state index in [-0.39, 0.29) is 11.4 Å². The molecule has 0 saturated heterocycles. The van der Waals surface area contributed by atoms with Gasteiger partial charge in [0.25, 0.3) is 0 Å². The van der Waals surface area contributed by atoms with Crippen LogP contribution < -0.4 is 11.5 Å². The molecule has 0 bridgehead atoms. The Morgan fingerprint density at radius 3 is 2.71 bits per heavy atom. The predicted molar refractivity (Wildman–Crippen MR) is 52.1 cm³/mol. The summed E-state index contributed by atoms with van der Waals surface area (Å²) in [7, 11) is 0. The third kappa shape index (κ3) is 2.68. The van der Waals surface area contributed by atoms with E-state index < -0.39 is 17.8 Å². The number of carbonyl (C=O) groups is 1. The van der Waals surface area contributed by atoms with Crippen molar-refractivity contribution < 1.29 is 9.18 Å². The summed E-state index contributed by atoms with van der Waals surface area (Å²) in [6.07, 6.45) is -0.00858. The second kappa shape index (κ2) is 4.39. The summed E-state index contributed by atoms with van der Waals surface area (Å²) in [6, 6.07) is 3.26. The third-order valence-electron chi connectivity index (χ3n) is 1.78. The predicted octanol–water partition coefficient (Wildman–Crippen LogP) is 1.35. The van der Waals surface area contributed by atoms with Crippen molar-refractivity contribution in [1.82, 2.24) is 0 Å². The van der Waals surface area contributed by atoms with Crippen LogP contribution in [0.5, 0.6) is 0 Å². The van der Waals surface area contributed by atoms with Crippen LogP contribution in [0.3, 0.4) is 0 Å². The van der Waals surface area contributed by atoms with Gasteiger partial charge in [-0.2, -0.15) is 0 Å². The molecule has 0 spiro atoms. The maximum Gasteiger partial charge on any atom is 0.219 e. The smallest absolute Gasteiger partial charge is 0.219 e. The fourth-order valence-electron chi connectivity index (χ4n) is 1.13. The van der Waals surface area contributed by atoms with E-state index in [1.807, 2.05) is 0 Å². The first-order chi connectivity index (χ1) is 6.50. The van der Waals surface area contributed by atoms with Crippen molar-refractivity contribution in [3.05, 3.63) is 34.6 Å². The van der Waals surface area contributed by atoms with Gasteiger partial charge in [0.1, 0.15) is 5.82 Å². The Balaban J connectivity index is 2.90. The van der Waals surface area contributed by atoms with Gasteiger partial charge in [0.05, 0.1) is 0 Å². The first kappa shape index (κ1) is 10.9. The average Bonchev–Trinajstić information content (AvgIpc) is 2.01. The number of nitrogens with two attached hydrogens (primary N) is 2. The molecule has 0 heterocycles. The Bertz CT molecular complexity index is 357. The van der Waals surface area contributed by atoms with E-state index in [4.69, 9.17) is 23.1 Å². The van der Waals surface area contributed by atoms with Gasteiger partial charge < -0.3 is 11.5 Å². The van der Waals surface area contributed by atoms with E-state index in [1.54, 1.807) is 0 Å². The Kier molecular flexibility index (Phi) is 3.43. The van der Waals surface area contributed by atoms with Crippen LogP contribution in [-0.2, 0) is 4.79 Å². The summed E-state index contributed by atoms with van der Waals surface area (Å²) in [4.78, 5) is 10.6. The number of rotatable bonds is 3. The van der Waals surface area contributed by atoms with Crippen molar-refractivity contribution in [3.63, 3.8) is 0 Å². The molecule has 0 unspecified atom stereocenters. The summed E-state index contributed by atoms with van der Waals surface area (Å²) >= 11 is 5.74. The van der Waals surface area contributed by atoms with Crippen LogP contribution in [0.15, 0.2) is 18.2 Å². The number of primary amides is 1. The summed E-state index contributed by atoms with van der Waals surface area (Å²) in [5.41, 5.74) is 11.1. The van der Waals surface area contributed by atoms with Crippen molar-refractivity contribution in [2.24, 2.45) is 11.5 Å². The van der Waals surface area contributed by atoms with Crippen LogP contribution in [0, 0.1) is 5.82 Å². The Morgan fingerprint density at radius 2 is 2.21 bits per heavy atom. The normalized spacial score (nSPS) is 12.5. The van der Waals surface area contributed by atoms with Gasteiger partial charge in [-0.3, -0.25) is 4.79 Å². The van der Waals surface area contributed by atoms with Crippen molar-refractivity contribution in [3.8, 4) is 0 Å². The monoisotopic (exact) mass is 216 g/mol. The van der Waals surface area contributed by atoms with Crippen molar-refractivity contribution in [2.75, 3.05) is 0 Å². The van der Waals surface area contributed by atoms with E-state index in [0.717, 1.165) is 6.07 Å². The third-order valence-corrected chi connectivity index (χ3v) is 2.11. The Labute approximate surface area is 85.8 Å². The van der Waals surface area contributed by atoms with E-state index >= 15 is 0 Å². The highest BCUT2D eigenvalue weighted by atomic mass is 35.5. The highest BCUT2D eigenvalue weighted by Gasteiger charge is 2.12. The van der Waals surface area contributed by atoms with Crippen LogP contribution in [0.25, 0.3) is 0 Å². The number of hydrogen-bond donors (Lipinski definition) is 2. The maximum atomic E-state index is 12.7. The summed E-state index contributed by atoms with van der Waals surface area (Å²) in [6.45, 7) is 0. The molecular formula is C9H10ClFN2O. The van der Waals surface area contributed by atoms with Crippen LogP contribution in [0.4, 0.5) is 4.39 Å². The molecule has 0 saturated carbocycles. The van der Waals surface area contributed by atoms with Gasteiger partial charge in [-0.15, -0.1) is 0 Å². The first-order valence-corrected chi connectivity index (χ1v) is 4.37. The molecule has 1 atom stereocenters. The topological polar surface area (TPSA) is 69.1 Å². The lowest BCUT2D eigenvalue weighted by molar-refractivity contribution is -0.118. The molecule has 0 aliphatic heterocycles.